The third-order valence-electron chi connectivity index (χ3n) is 15.9. The number of hydrogen-bond acceptors (Lipinski definition) is 0. The summed E-state index contributed by atoms with van der Waals surface area (Å²) in [6.45, 7) is 9.04. The van der Waals surface area contributed by atoms with Gasteiger partial charge in [0.05, 0.1) is 12.3 Å². The van der Waals surface area contributed by atoms with Crippen LogP contribution in [0.5, 0.6) is 0 Å². The molecule has 0 bridgehead atoms. The zero-order chi connectivity index (χ0) is 70.9. The average Bonchev–Trinajstić information content (AvgIpc) is 0.644. The summed E-state index contributed by atoms with van der Waals surface area (Å²) in [6.07, 6.45) is -33.6. The van der Waals surface area contributed by atoms with Crippen molar-refractivity contribution < 1.29 is 140 Å². The van der Waals surface area contributed by atoms with Gasteiger partial charge in [0.25, 0.3) is 0 Å². The highest BCUT2D eigenvalue weighted by Crippen LogP contribution is 2.73. The van der Waals surface area contributed by atoms with Crippen LogP contribution >= 0.6 is 7.92 Å². The van der Waals surface area contributed by atoms with Crippen molar-refractivity contribution in [3.05, 3.63) is 29.1 Å². The molecule has 90 heavy (non-hydrogen) atoms. The summed E-state index contributed by atoms with van der Waals surface area (Å²) < 4.78 is 487. The lowest BCUT2D eigenvalue weighted by molar-refractivity contribution is -0.350. The van der Waals surface area contributed by atoms with Crippen LogP contribution in [-0.4, -0.2) is 95.3 Å². The Balaban J connectivity index is 0.00000226. The molecule has 0 heterocycles. The van der Waals surface area contributed by atoms with E-state index in [1.54, 1.807) is 0 Å². The topological polar surface area (TPSA) is 0 Å². The SMILES string of the molecule is CCCCCCC(F)(F)C(F)(F)C(F)(F)[B-](C(F)(F)C(F)(F)C(F)(F)CCCCCC)(C(F)(F)C(F)(F)C(F)(F)CCCCCC)C(F)(F)C(F)(F)C(F)(F)CCCCCC.CCCCCC[PH+](CCCCCC)c1cc(F)c(F)c(C(F)(F)C(F)(F)F)c1F. The van der Waals surface area contributed by atoms with Crippen molar-refractivity contribution >= 4 is 19.4 Å². The Morgan fingerprint density at radius 3 is 0.733 bits per heavy atom. The first kappa shape index (κ1) is 87.5. The van der Waals surface area contributed by atoms with Gasteiger partial charge < -0.3 is 0 Å². The quantitative estimate of drug-likeness (QED) is 0.0201. The lowest BCUT2D eigenvalue weighted by Crippen LogP contribution is -2.96. The summed E-state index contributed by atoms with van der Waals surface area (Å²) in [4.78, 5) is 0. The Bertz CT molecular complexity index is 2040. The summed E-state index contributed by atoms with van der Waals surface area (Å²) in [5, 5.41) is -0.499. The monoisotopic (exact) mass is 1400 g/mol. The zero-order valence-corrected chi connectivity index (χ0v) is 51.5. The number of alkyl halides is 29. The molecule has 0 atom stereocenters. The molecule has 536 valence electrons. The summed E-state index contributed by atoms with van der Waals surface area (Å²) in [5.41, 5.74) is -2.52. The minimum absolute atomic E-state index is 0.0414. The maximum atomic E-state index is 16.5. The molecule has 0 unspecified atom stereocenters. The van der Waals surface area contributed by atoms with Crippen LogP contribution in [0.1, 0.15) is 227 Å². The minimum atomic E-state index is -11.7. The van der Waals surface area contributed by atoms with Gasteiger partial charge in [-0.15, -0.1) is 0 Å². The summed E-state index contributed by atoms with van der Waals surface area (Å²) in [6, 6.07) is 0.481. The second kappa shape index (κ2) is 33.9. The molecule has 1 rings (SSSR count). The standard InChI is InChI=1S/C36H52BF24.C20H27F8P/c1-5-9-13-17-21-25(38,39)29(46,47)33(54,55)37(34(56,57)30(48,49)26(40,41)22-18-14-10-6-2,35(58,59)31(50,51)27(42,43)23-19-15-11-7-3)36(60,61)32(52,53)28(44,45)24-20-16-12-8-4;1-3-5-7-9-11-29(12-10-8-6-4-2)15-13-14(21)17(22)16(18(15)23)19(24,25)20(26,27)28/h5-24H2,1-4H3;13H,3-12H2,1-2H3/q-1;/p+1. The molecule has 0 saturated carbocycles. The summed E-state index contributed by atoms with van der Waals surface area (Å²) >= 11 is 0. The van der Waals surface area contributed by atoms with Crippen LogP contribution < -0.4 is 5.30 Å². The lowest BCUT2D eigenvalue weighted by atomic mass is 9.08. The fourth-order valence-corrected chi connectivity index (χ4v) is 13.3. The van der Waals surface area contributed by atoms with E-state index >= 15 is 105 Å². The summed E-state index contributed by atoms with van der Waals surface area (Å²) in [7, 11) is -1.96. The molecule has 0 aliphatic carbocycles. The lowest BCUT2D eigenvalue weighted by Gasteiger charge is -2.63. The van der Waals surface area contributed by atoms with Gasteiger partial charge in [-0.1, -0.05) is 144 Å². The molecule has 0 nitrogen and oxygen atoms in total. The highest BCUT2D eigenvalue weighted by Gasteiger charge is 3.03. The molecular formula is C56H80BF32P. The molecule has 34 heteroatoms. The molecule has 0 amide bonds. The first-order chi connectivity index (χ1) is 40.7. The third-order valence-corrected chi connectivity index (χ3v) is 19.0. The first-order valence-electron chi connectivity index (χ1n) is 29.9. The van der Waals surface area contributed by atoms with Crippen molar-refractivity contribution in [3.63, 3.8) is 0 Å². The molecule has 0 aliphatic heterocycles. The van der Waals surface area contributed by atoms with Gasteiger partial charge in [0.2, 0.25) is 23.3 Å². The van der Waals surface area contributed by atoms with E-state index in [4.69, 9.17) is 0 Å². The van der Waals surface area contributed by atoms with Crippen LogP contribution in [0.3, 0.4) is 0 Å². The predicted octanol–water partition coefficient (Wildman–Crippen LogP) is 24.9. The minimum Gasteiger partial charge on any atom is -0.244 e. The van der Waals surface area contributed by atoms with Crippen LogP contribution in [0.15, 0.2) is 6.07 Å². The largest absolute Gasteiger partial charge is 0.458 e. The molecule has 0 radical (unpaired) electrons. The van der Waals surface area contributed by atoms with E-state index in [1.165, 1.54) is 27.7 Å². The number of rotatable bonds is 44. The molecule has 0 spiro atoms. The smallest absolute Gasteiger partial charge is 0.244 e. The Morgan fingerprint density at radius 2 is 0.522 bits per heavy atom. The van der Waals surface area contributed by atoms with Crippen LogP contribution in [0.2, 0.25) is 0 Å². The molecule has 0 aromatic heterocycles. The van der Waals surface area contributed by atoms with Crippen molar-refractivity contribution in [1.82, 2.24) is 0 Å². The van der Waals surface area contributed by atoms with E-state index in [9.17, 15) is 35.1 Å². The van der Waals surface area contributed by atoms with Gasteiger partial charge >= 0.3 is 65.6 Å². The number of unbranched alkanes of at least 4 members (excludes halogenated alkanes) is 18. The van der Waals surface area contributed by atoms with E-state index in [0.29, 0.717) is 31.2 Å². The highest BCUT2D eigenvalue weighted by atomic mass is 31.1. The summed E-state index contributed by atoms with van der Waals surface area (Å²) in [5.74, 6) is -116. The number of benzene rings is 1. The van der Waals surface area contributed by atoms with E-state index < -0.39 is 202 Å². The van der Waals surface area contributed by atoms with Crippen LogP contribution in [-0.2, 0) is 5.92 Å². The van der Waals surface area contributed by atoms with Crippen molar-refractivity contribution in [3.8, 4) is 0 Å². The fraction of sp³-hybridized carbons (Fsp3) is 0.893. The normalized spacial score (nSPS) is 14.7. The van der Waals surface area contributed by atoms with Crippen molar-refractivity contribution in [2.24, 2.45) is 0 Å². The van der Waals surface area contributed by atoms with Gasteiger partial charge in [-0.25, -0.2) is 48.3 Å². The second-order valence-corrected chi connectivity index (χ2v) is 25.7. The Labute approximate surface area is 504 Å². The van der Waals surface area contributed by atoms with Crippen molar-refractivity contribution in [2.75, 3.05) is 12.3 Å². The van der Waals surface area contributed by atoms with Crippen LogP contribution in [0.4, 0.5) is 140 Å². The molecule has 1 aromatic rings. The maximum absolute atomic E-state index is 16.5. The second-order valence-electron chi connectivity index (χ2n) is 22.9. The van der Waals surface area contributed by atoms with Gasteiger partial charge in [-0.2, -0.15) is 92.2 Å². The molecule has 0 N–H and O–H groups in total. The van der Waals surface area contributed by atoms with E-state index in [0.717, 1.165) is 38.5 Å². The molecule has 0 saturated heterocycles. The van der Waals surface area contributed by atoms with E-state index in [2.05, 4.69) is 0 Å². The highest BCUT2D eigenvalue weighted by molar-refractivity contribution is 7.65. The fourth-order valence-electron chi connectivity index (χ4n) is 10.4. The number of hydrogen-bond donors (Lipinski definition) is 0. The van der Waals surface area contributed by atoms with E-state index in [1.807, 2.05) is 13.8 Å². The first-order valence-corrected chi connectivity index (χ1v) is 31.8. The Kier molecular flexibility index (Phi) is 33.0. The number of halogens is 32. The van der Waals surface area contributed by atoms with Crippen molar-refractivity contribution in [1.29, 1.82) is 0 Å². The Morgan fingerprint density at radius 1 is 0.300 bits per heavy atom. The molecule has 1 aromatic carbocycles. The van der Waals surface area contributed by atoms with Crippen LogP contribution in [0, 0.1) is 17.5 Å². The maximum Gasteiger partial charge on any atom is 0.458 e. The van der Waals surface area contributed by atoms with Gasteiger partial charge in [0.1, 0.15) is 10.9 Å². The van der Waals surface area contributed by atoms with Gasteiger partial charge in [0, 0.05) is 39.7 Å². The van der Waals surface area contributed by atoms with Crippen molar-refractivity contribution in [2.45, 2.75) is 304 Å². The predicted molar refractivity (Wildman–Crippen MR) is 282 cm³/mol. The third kappa shape index (κ3) is 17.9. The van der Waals surface area contributed by atoms with E-state index in [-0.39, 0.29) is 51.4 Å². The molecule has 0 fully saturated rings. The Hall–Kier alpha value is -2.53. The average molecular weight is 1400 g/mol. The molecular weight excluding hydrogens is 1320 g/mol. The van der Waals surface area contributed by atoms with Gasteiger partial charge in [-0.3, -0.25) is 0 Å². The van der Waals surface area contributed by atoms with Gasteiger partial charge in [0.15, 0.2) is 17.5 Å². The van der Waals surface area contributed by atoms with Gasteiger partial charge in [-0.05, 0) is 51.4 Å². The van der Waals surface area contributed by atoms with Crippen LogP contribution in [0.25, 0.3) is 0 Å². The zero-order valence-electron chi connectivity index (χ0n) is 50.5. The molecule has 0 aliphatic rings.